The molecule has 1 aliphatic heterocycles. The largest absolute Gasteiger partial charge is 0.356 e. The van der Waals surface area contributed by atoms with Gasteiger partial charge in [-0.15, -0.1) is 10.2 Å². The Morgan fingerprint density at radius 1 is 1.24 bits per heavy atom. The van der Waals surface area contributed by atoms with E-state index in [1.54, 1.807) is 25.2 Å². The summed E-state index contributed by atoms with van der Waals surface area (Å²) >= 11 is 0. The summed E-state index contributed by atoms with van der Waals surface area (Å²) in [6, 6.07) is 10.8. The molecule has 3 heterocycles. The molecule has 2 unspecified atom stereocenters. The van der Waals surface area contributed by atoms with E-state index >= 15 is 0 Å². The maximum atomic E-state index is 14.4. The van der Waals surface area contributed by atoms with Crippen molar-refractivity contribution < 1.29 is 18.7 Å². The van der Waals surface area contributed by atoms with Gasteiger partial charge in [0, 0.05) is 31.8 Å². The SMILES string of the molecule is CN1C(=O)COC(C(=O)NCCc2nnc3ccccn23)C1c1ccccc1F. The van der Waals surface area contributed by atoms with E-state index in [0.717, 1.165) is 5.65 Å². The topological polar surface area (TPSA) is 88.8 Å². The third-order valence-electron chi connectivity index (χ3n) is 5.00. The van der Waals surface area contributed by atoms with Crippen LogP contribution in [-0.4, -0.2) is 57.6 Å². The molecule has 2 amide bonds. The first kappa shape index (κ1) is 19.0. The molecule has 1 aliphatic rings. The van der Waals surface area contributed by atoms with Crippen LogP contribution in [0.1, 0.15) is 17.4 Å². The number of hydrogen-bond acceptors (Lipinski definition) is 5. The highest BCUT2D eigenvalue weighted by Gasteiger charge is 2.41. The molecule has 3 aromatic rings. The van der Waals surface area contributed by atoms with E-state index in [9.17, 15) is 14.0 Å². The van der Waals surface area contributed by atoms with E-state index in [1.807, 2.05) is 28.8 Å². The normalized spacial score (nSPS) is 19.5. The van der Waals surface area contributed by atoms with Crippen LogP contribution in [0.3, 0.4) is 0 Å². The van der Waals surface area contributed by atoms with Crippen LogP contribution in [0, 0.1) is 5.82 Å². The van der Waals surface area contributed by atoms with Crippen LogP contribution in [0.5, 0.6) is 0 Å². The maximum Gasteiger partial charge on any atom is 0.251 e. The zero-order valence-electron chi connectivity index (χ0n) is 15.8. The highest BCUT2D eigenvalue weighted by atomic mass is 19.1. The second-order valence-electron chi connectivity index (χ2n) is 6.79. The minimum absolute atomic E-state index is 0.228. The van der Waals surface area contributed by atoms with E-state index in [1.165, 1.54) is 11.0 Å². The van der Waals surface area contributed by atoms with Crippen molar-refractivity contribution in [3.05, 3.63) is 65.9 Å². The minimum Gasteiger partial charge on any atom is -0.356 e. The Morgan fingerprint density at radius 2 is 2.03 bits per heavy atom. The van der Waals surface area contributed by atoms with E-state index in [-0.39, 0.29) is 18.1 Å². The van der Waals surface area contributed by atoms with Crippen molar-refractivity contribution in [2.24, 2.45) is 0 Å². The molecule has 2 aromatic heterocycles. The van der Waals surface area contributed by atoms with Crippen LogP contribution < -0.4 is 5.32 Å². The number of pyridine rings is 1. The molecular weight excluding hydrogens is 377 g/mol. The number of hydrogen-bond donors (Lipinski definition) is 1. The van der Waals surface area contributed by atoms with E-state index < -0.39 is 23.9 Å². The lowest BCUT2D eigenvalue weighted by Crippen LogP contribution is -2.53. The number of benzene rings is 1. The number of morpholine rings is 1. The minimum atomic E-state index is -1.01. The van der Waals surface area contributed by atoms with Crippen LogP contribution in [0.4, 0.5) is 4.39 Å². The number of carbonyl (C=O) groups excluding carboxylic acids is 2. The predicted molar refractivity (Wildman–Crippen MR) is 101 cm³/mol. The van der Waals surface area contributed by atoms with Crippen molar-refractivity contribution in [1.82, 2.24) is 24.8 Å². The number of nitrogens with zero attached hydrogens (tertiary/aromatic N) is 4. The molecule has 8 nitrogen and oxygen atoms in total. The van der Waals surface area contributed by atoms with Gasteiger partial charge < -0.3 is 15.0 Å². The molecule has 2 atom stereocenters. The lowest BCUT2D eigenvalue weighted by atomic mass is 9.97. The highest BCUT2D eigenvalue weighted by Crippen LogP contribution is 2.30. The number of halogens is 1. The van der Waals surface area contributed by atoms with E-state index in [0.29, 0.717) is 18.8 Å². The molecule has 9 heteroatoms. The lowest BCUT2D eigenvalue weighted by Gasteiger charge is -2.38. The summed E-state index contributed by atoms with van der Waals surface area (Å²) in [5.74, 6) is -0.498. The van der Waals surface area contributed by atoms with E-state index in [2.05, 4.69) is 15.5 Å². The van der Waals surface area contributed by atoms with Gasteiger partial charge in [0.2, 0.25) is 5.91 Å². The number of fused-ring (bicyclic) bond motifs is 1. The van der Waals surface area contributed by atoms with Crippen LogP contribution in [-0.2, 0) is 20.7 Å². The van der Waals surface area contributed by atoms with Gasteiger partial charge in [0.15, 0.2) is 11.8 Å². The predicted octanol–water partition coefficient (Wildman–Crippen LogP) is 1.13. The van der Waals surface area contributed by atoms with Gasteiger partial charge in [-0.3, -0.25) is 14.0 Å². The van der Waals surface area contributed by atoms with E-state index in [4.69, 9.17) is 4.74 Å². The first-order valence-electron chi connectivity index (χ1n) is 9.24. The summed E-state index contributed by atoms with van der Waals surface area (Å²) in [6.07, 6.45) is 1.30. The molecular formula is C20H20FN5O3. The van der Waals surface area contributed by atoms with Crippen molar-refractivity contribution in [1.29, 1.82) is 0 Å². The van der Waals surface area contributed by atoms with Gasteiger partial charge in [-0.25, -0.2) is 4.39 Å². The van der Waals surface area contributed by atoms with Crippen LogP contribution in [0.2, 0.25) is 0 Å². The fraction of sp³-hybridized carbons (Fsp3) is 0.300. The van der Waals surface area contributed by atoms with Gasteiger partial charge in [0.05, 0.1) is 6.04 Å². The lowest BCUT2D eigenvalue weighted by molar-refractivity contribution is -0.162. The summed E-state index contributed by atoms with van der Waals surface area (Å²) in [5, 5.41) is 11.0. The third-order valence-corrected chi connectivity index (χ3v) is 5.00. The van der Waals surface area contributed by atoms with Gasteiger partial charge in [-0.2, -0.15) is 0 Å². The molecule has 150 valence electrons. The molecule has 1 N–H and O–H groups in total. The Kier molecular flexibility index (Phi) is 5.22. The number of rotatable bonds is 5. The van der Waals surface area contributed by atoms with Crippen LogP contribution in [0.25, 0.3) is 5.65 Å². The average Bonchev–Trinajstić information content (AvgIpc) is 3.14. The Balaban J connectivity index is 1.47. The second-order valence-corrected chi connectivity index (χ2v) is 6.79. The summed E-state index contributed by atoms with van der Waals surface area (Å²) < 4.78 is 21.7. The Labute approximate surface area is 166 Å². The molecule has 0 saturated carbocycles. The van der Waals surface area contributed by atoms with Crippen molar-refractivity contribution in [2.45, 2.75) is 18.6 Å². The van der Waals surface area contributed by atoms with Gasteiger partial charge >= 0.3 is 0 Å². The van der Waals surface area contributed by atoms with Crippen LogP contribution in [0.15, 0.2) is 48.7 Å². The molecule has 1 saturated heterocycles. The fourth-order valence-corrected chi connectivity index (χ4v) is 3.48. The molecule has 0 bridgehead atoms. The number of amides is 2. The van der Waals surface area contributed by atoms with Crippen molar-refractivity contribution in [2.75, 3.05) is 20.2 Å². The second kappa shape index (κ2) is 7.96. The fourth-order valence-electron chi connectivity index (χ4n) is 3.48. The summed E-state index contributed by atoms with van der Waals surface area (Å²) in [6.45, 7) is 0.0738. The number of likely N-dealkylation sites (N-methyl/N-ethyl adjacent to an activating group) is 1. The summed E-state index contributed by atoms with van der Waals surface area (Å²) in [7, 11) is 1.55. The first-order valence-corrected chi connectivity index (χ1v) is 9.24. The Morgan fingerprint density at radius 3 is 2.86 bits per heavy atom. The molecule has 4 rings (SSSR count). The van der Waals surface area contributed by atoms with Gasteiger partial charge in [-0.05, 0) is 18.2 Å². The number of ether oxygens (including phenoxy) is 1. The summed E-state index contributed by atoms with van der Waals surface area (Å²) in [5.41, 5.74) is 0.968. The number of aromatic nitrogens is 3. The maximum absolute atomic E-state index is 14.4. The molecule has 1 aromatic carbocycles. The van der Waals surface area contributed by atoms with Crippen molar-refractivity contribution in [3.63, 3.8) is 0 Å². The van der Waals surface area contributed by atoms with Crippen molar-refractivity contribution in [3.8, 4) is 0 Å². The molecule has 29 heavy (non-hydrogen) atoms. The molecule has 0 spiro atoms. The third kappa shape index (κ3) is 3.68. The first-order chi connectivity index (χ1) is 14.1. The Hall–Kier alpha value is -3.33. The van der Waals surface area contributed by atoms with Crippen LogP contribution >= 0.6 is 0 Å². The highest BCUT2D eigenvalue weighted by molar-refractivity contribution is 5.86. The Bertz CT molecular complexity index is 1050. The monoisotopic (exact) mass is 397 g/mol. The molecule has 0 aliphatic carbocycles. The molecule has 0 radical (unpaired) electrons. The zero-order chi connectivity index (χ0) is 20.4. The van der Waals surface area contributed by atoms with Gasteiger partial charge in [0.1, 0.15) is 18.2 Å². The smallest absolute Gasteiger partial charge is 0.251 e. The number of nitrogens with one attached hydrogen (secondary N) is 1. The van der Waals surface area contributed by atoms with Crippen molar-refractivity contribution >= 4 is 17.5 Å². The molecule has 1 fully saturated rings. The average molecular weight is 397 g/mol. The quantitative estimate of drug-likeness (QED) is 0.697. The number of carbonyl (C=O) groups is 2. The standard InChI is InChI=1S/C20H20FN5O3/c1-25-17(27)12-29-19(18(25)13-6-2-3-7-14(13)21)20(28)22-10-9-16-24-23-15-8-4-5-11-26(15)16/h2-8,11,18-19H,9-10,12H2,1H3,(H,22,28). The summed E-state index contributed by atoms with van der Waals surface area (Å²) in [4.78, 5) is 26.2. The van der Waals surface area contributed by atoms with Gasteiger partial charge in [-0.1, -0.05) is 24.3 Å². The van der Waals surface area contributed by atoms with Gasteiger partial charge in [0.25, 0.3) is 5.91 Å². The zero-order valence-corrected chi connectivity index (χ0v) is 15.8.